The molecule has 28 heavy (non-hydrogen) atoms. The molecule has 8 heteroatoms. The number of sulfone groups is 1. The number of nitrogens with one attached hydrogen (secondary N) is 1. The highest BCUT2D eigenvalue weighted by molar-refractivity contribution is 7.91. The molecular formula is C20H22N2O5S. The number of hydrazone groups is 1. The van der Waals surface area contributed by atoms with E-state index < -0.39 is 15.8 Å². The molecule has 1 atom stereocenters. The highest BCUT2D eigenvalue weighted by Crippen LogP contribution is 2.28. The molecule has 3 rings (SSSR count). The van der Waals surface area contributed by atoms with E-state index in [2.05, 4.69) is 10.5 Å². The molecule has 1 amide bonds. The Balaban J connectivity index is 1.62. The van der Waals surface area contributed by atoms with Gasteiger partial charge < -0.3 is 9.47 Å². The number of nitrogens with zero attached hydrogens (tertiary/aromatic N) is 1. The lowest BCUT2D eigenvalue weighted by molar-refractivity contribution is -0.124. The van der Waals surface area contributed by atoms with Crippen LogP contribution >= 0.6 is 0 Å². The smallest absolute Gasteiger partial charge is 0.244 e. The summed E-state index contributed by atoms with van der Waals surface area (Å²) < 4.78 is 34.1. The standard InChI is InChI=1S/C20H22N2O5S/c1-26-18-8-7-16(11-19(18)27-13-15-5-3-2-4-6-15)12-21-22-20(23)17-9-10-28(24,25)14-17/h2-8,11-12,17H,9-10,13-14H2,1H3,(H,22,23)/b21-12-/t17-/m0/s1. The molecule has 0 aliphatic carbocycles. The average Bonchev–Trinajstić information content (AvgIpc) is 3.07. The molecule has 1 aliphatic rings. The van der Waals surface area contributed by atoms with Gasteiger partial charge in [-0.15, -0.1) is 0 Å². The second-order valence-electron chi connectivity index (χ2n) is 6.52. The van der Waals surface area contributed by atoms with Crippen LogP contribution in [0.4, 0.5) is 0 Å². The molecule has 1 N–H and O–H groups in total. The molecule has 1 saturated heterocycles. The largest absolute Gasteiger partial charge is 0.493 e. The molecule has 1 fully saturated rings. The number of methoxy groups -OCH3 is 1. The molecule has 0 saturated carbocycles. The van der Waals surface area contributed by atoms with E-state index in [1.807, 2.05) is 30.3 Å². The molecule has 7 nitrogen and oxygen atoms in total. The molecule has 0 spiro atoms. The number of hydrogen-bond donors (Lipinski definition) is 1. The Morgan fingerprint density at radius 3 is 2.68 bits per heavy atom. The van der Waals surface area contributed by atoms with Crippen LogP contribution in [-0.4, -0.2) is 39.2 Å². The summed E-state index contributed by atoms with van der Waals surface area (Å²) in [7, 11) is -1.54. The lowest BCUT2D eigenvalue weighted by Gasteiger charge is -2.11. The second kappa shape index (κ2) is 8.88. The zero-order valence-corrected chi connectivity index (χ0v) is 16.3. The normalized spacial score (nSPS) is 18.1. The molecule has 2 aromatic carbocycles. The summed E-state index contributed by atoms with van der Waals surface area (Å²) in [6, 6.07) is 15.1. The fourth-order valence-corrected chi connectivity index (χ4v) is 4.63. The molecule has 0 radical (unpaired) electrons. The van der Waals surface area contributed by atoms with E-state index in [1.165, 1.54) is 6.21 Å². The Morgan fingerprint density at radius 1 is 1.21 bits per heavy atom. The molecule has 148 valence electrons. The maximum absolute atomic E-state index is 12.0. The van der Waals surface area contributed by atoms with Crippen molar-refractivity contribution in [3.05, 3.63) is 59.7 Å². The SMILES string of the molecule is COc1ccc(/C=N\NC(=O)[C@H]2CCS(=O)(=O)C2)cc1OCc1ccccc1. The van der Waals surface area contributed by atoms with Crippen molar-refractivity contribution in [2.45, 2.75) is 13.0 Å². The van der Waals surface area contributed by atoms with Crippen LogP contribution in [0.3, 0.4) is 0 Å². The fraction of sp³-hybridized carbons (Fsp3) is 0.300. The van der Waals surface area contributed by atoms with Crippen molar-refractivity contribution in [3.63, 3.8) is 0 Å². The zero-order chi connectivity index (χ0) is 20.0. The Kier molecular flexibility index (Phi) is 6.30. The number of benzene rings is 2. The van der Waals surface area contributed by atoms with Crippen LogP contribution in [0.2, 0.25) is 0 Å². The van der Waals surface area contributed by atoms with Gasteiger partial charge in [0.15, 0.2) is 21.3 Å². The number of amides is 1. The van der Waals surface area contributed by atoms with Crippen LogP contribution in [0.25, 0.3) is 0 Å². The third-order valence-corrected chi connectivity index (χ3v) is 6.18. The summed E-state index contributed by atoms with van der Waals surface area (Å²) >= 11 is 0. The molecule has 0 bridgehead atoms. The molecule has 2 aromatic rings. The van der Waals surface area contributed by atoms with Gasteiger partial charge in [0.05, 0.1) is 30.7 Å². The quantitative estimate of drug-likeness (QED) is 0.566. The first-order valence-corrected chi connectivity index (χ1v) is 10.7. The van der Waals surface area contributed by atoms with E-state index in [-0.39, 0.29) is 17.4 Å². The van der Waals surface area contributed by atoms with Gasteiger partial charge in [-0.25, -0.2) is 13.8 Å². The van der Waals surface area contributed by atoms with Crippen molar-refractivity contribution in [3.8, 4) is 11.5 Å². The van der Waals surface area contributed by atoms with E-state index in [4.69, 9.17) is 9.47 Å². The average molecular weight is 402 g/mol. The highest BCUT2D eigenvalue weighted by atomic mass is 32.2. The minimum atomic E-state index is -3.10. The fourth-order valence-electron chi connectivity index (χ4n) is 2.89. The van der Waals surface area contributed by atoms with Crippen LogP contribution in [0.5, 0.6) is 11.5 Å². The number of carbonyl (C=O) groups excluding carboxylic acids is 1. The molecule has 1 heterocycles. The van der Waals surface area contributed by atoms with Crippen molar-refractivity contribution in [2.24, 2.45) is 11.0 Å². The van der Waals surface area contributed by atoms with Gasteiger partial charge >= 0.3 is 0 Å². The molecule has 0 unspecified atom stereocenters. The second-order valence-corrected chi connectivity index (χ2v) is 8.75. The van der Waals surface area contributed by atoms with Gasteiger partial charge in [0.2, 0.25) is 5.91 Å². The van der Waals surface area contributed by atoms with E-state index in [0.29, 0.717) is 30.1 Å². The van der Waals surface area contributed by atoms with Crippen molar-refractivity contribution in [1.29, 1.82) is 0 Å². The lowest BCUT2D eigenvalue weighted by Crippen LogP contribution is -2.27. The number of hydrogen-bond acceptors (Lipinski definition) is 6. The van der Waals surface area contributed by atoms with Crippen LogP contribution in [0.15, 0.2) is 53.6 Å². The summed E-state index contributed by atoms with van der Waals surface area (Å²) in [6.45, 7) is 0.394. The van der Waals surface area contributed by atoms with E-state index in [9.17, 15) is 13.2 Å². The molecule has 0 aromatic heterocycles. The van der Waals surface area contributed by atoms with Crippen LogP contribution in [0.1, 0.15) is 17.5 Å². The Hall–Kier alpha value is -2.87. The van der Waals surface area contributed by atoms with Crippen LogP contribution in [0, 0.1) is 5.92 Å². The predicted octanol–water partition coefficient (Wildman–Crippen LogP) is 2.16. The van der Waals surface area contributed by atoms with Gasteiger partial charge in [0.1, 0.15) is 6.61 Å². The van der Waals surface area contributed by atoms with Gasteiger partial charge in [0, 0.05) is 0 Å². The van der Waals surface area contributed by atoms with Gasteiger partial charge in [-0.1, -0.05) is 30.3 Å². The topological polar surface area (TPSA) is 94.1 Å². The van der Waals surface area contributed by atoms with Crippen molar-refractivity contribution < 1.29 is 22.7 Å². The summed E-state index contributed by atoms with van der Waals surface area (Å²) in [5.74, 6) is 0.162. The van der Waals surface area contributed by atoms with Gasteiger partial charge in [-0.3, -0.25) is 4.79 Å². The minimum absolute atomic E-state index is 0.0510. The summed E-state index contributed by atoms with van der Waals surface area (Å²) in [6.07, 6.45) is 1.82. The third-order valence-electron chi connectivity index (χ3n) is 4.42. The van der Waals surface area contributed by atoms with Crippen LogP contribution in [-0.2, 0) is 21.2 Å². The summed E-state index contributed by atoms with van der Waals surface area (Å²) in [5, 5.41) is 3.93. The first-order valence-electron chi connectivity index (χ1n) is 8.85. The summed E-state index contributed by atoms with van der Waals surface area (Å²) in [5.41, 5.74) is 4.15. The number of rotatable bonds is 7. The van der Waals surface area contributed by atoms with Gasteiger partial charge in [0.25, 0.3) is 0 Å². The minimum Gasteiger partial charge on any atom is -0.493 e. The Bertz CT molecular complexity index is 958. The maximum Gasteiger partial charge on any atom is 0.244 e. The molecule has 1 aliphatic heterocycles. The van der Waals surface area contributed by atoms with Crippen LogP contribution < -0.4 is 14.9 Å². The number of carbonyl (C=O) groups is 1. The monoisotopic (exact) mass is 402 g/mol. The highest BCUT2D eigenvalue weighted by Gasteiger charge is 2.32. The zero-order valence-electron chi connectivity index (χ0n) is 15.5. The van der Waals surface area contributed by atoms with Crippen molar-refractivity contribution in [1.82, 2.24) is 5.43 Å². The van der Waals surface area contributed by atoms with Gasteiger partial charge in [-0.05, 0) is 35.7 Å². The lowest BCUT2D eigenvalue weighted by atomic mass is 10.1. The van der Waals surface area contributed by atoms with E-state index in [0.717, 1.165) is 5.56 Å². The Labute approximate surface area is 164 Å². The molecular weight excluding hydrogens is 380 g/mol. The van der Waals surface area contributed by atoms with Crippen molar-refractivity contribution in [2.75, 3.05) is 18.6 Å². The third kappa shape index (κ3) is 5.32. The Morgan fingerprint density at radius 2 is 2.00 bits per heavy atom. The first-order chi connectivity index (χ1) is 13.5. The summed E-state index contributed by atoms with van der Waals surface area (Å²) in [4.78, 5) is 12.0. The van der Waals surface area contributed by atoms with Gasteiger partial charge in [-0.2, -0.15) is 5.10 Å². The van der Waals surface area contributed by atoms with E-state index >= 15 is 0 Å². The van der Waals surface area contributed by atoms with Crippen molar-refractivity contribution >= 4 is 22.0 Å². The first kappa shape index (κ1) is 19.9. The van der Waals surface area contributed by atoms with E-state index in [1.54, 1.807) is 25.3 Å². The predicted molar refractivity (Wildman–Crippen MR) is 106 cm³/mol. The maximum atomic E-state index is 12.0. The number of ether oxygens (including phenoxy) is 2.